The molecule has 0 amide bonds. The van der Waals surface area contributed by atoms with E-state index in [1.54, 1.807) is 13.1 Å². The van der Waals surface area contributed by atoms with Crippen molar-refractivity contribution in [3.63, 3.8) is 0 Å². The van der Waals surface area contributed by atoms with E-state index in [0.29, 0.717) is 12.1 Å². The van der Waals surface area contributed by atoms with E-state index in [1.807, 2.05) is 30.1 Å². The molecule has 0 aliphatic heterocycles. The fourth-order valence-corrected chi connectivity index (χ4v) is 2.74. The highest BCUT2D eigenvalue weighted by atomic mass is 16.1. The van der Waals surface area contributed by atoms with Crippen molar-refractivity contribution in [2.75, 3.05) is 0 Å². The average molecular weight is 349 g/mol. The van der Waals surface area contributed by atoms with Crippen LogP contribution in [-0.2, 0) is 11.2 Å². The van der Waals surface area contributed by atoms with Gasteiger partial charge in [0.1, 0.15) is 0 Å². The molecule has 4 heteroatoms. The molecule has 0 aliphatic rings. The fourth-order valence-electron chi connectivity index (χ4n) is 2.74. The van der Waals surface area contributed by atoms with Crippen molar-refractivity contribution in [1.29, 1.82) is 0 Å². The van der Waals surface area contributed by atoms with E-state index in [9.17, 15) is 4.79 Å². The molecule has 0 saturated carbocycles. The zero-order valence-electron chi connectivity index (χ0n) is 15.9. The minimum Gasteiger partial charge on any atom is -0.293 e. The fraction of sp³-hybridized carbons (Fsp3) is 0.318. The van der Waals surface area contributed by atoms with Gasteiger partial charge in [-0.1, -0.05) is 39.0 Å². The Labute approximate surface area is 156 Å². The first-order chi connectivity index (χ1) is 12.5. The molecule has 1 heterocycles. The number of aromatic nitrogens is 2. The van der Waals surface area contributed by atoms with Crippen molar-refractivity contribution in [3.05, 3.63) is 72.2 Å². The average Bonchev–Trinajstić information content (AvgIpc) is 3.16. The van der Waals surface area contributed by atoms with Crippen LogP contribution in [0.3, 0.4) is 0 Å². The molecule has 0 atom stereocenters. The lowest BCUT2D eigenvalue weighted by Gasteiger charge is -2.10. The van der Waals surface area contributed by atoms with Crippen LogP contribution >= 0.6 is 0 Å². The molecule has 0 unspecified atom stereocenters. The third-order valence-electron chi connectivity index (χ3n) is 4.21. The molecule has 2 aromatic rings. The number of rotatable bonds is 9. The van der Waals surface area contributed by atoms with Crippen molar-refractivity contribution < 1.29 is 4.79 Å². The van der Waals surface area contributed by atoms with Gasteiger partial charge < -0.3 is 0 Å². The van der Waals surface area contributed by atoms with E-state index in [1.165, 1.54) is 5.56 Å². The predicted octanol–water partition coefficient (Wildman–Crippen LogP) is 5.10. The molecular formula is C22H27N3O. The number of carbonyl (C=O) groups excluding carboxylic acids is 1. The van der Waals surface area contributed by atoms with Crippen LogP contribution in [-0.4, -0.2) is 21.3 Å². The second kappa shape index (κ2) is 9.66. The maximum absolute atomic E-state index is 11.5. The van der Waals surface area contributed by atoms with Gasteiger partial charge in [-0.2, -0.15) is 5.10 Å². The molecule has 0 N–H and O–H groups in total. The van der Waals surface area contributed by atoms with Crippen LogP contribution in [0.25, 0.3) is 5.69 Å². The minimum atomic E-state index is 0.0272. The third kappa shape index (κ3) is 5.38. The van der Waals surface area contributed by atoms with Crippen LogP contribution in [0.15, 0.2) is 71.6 Å². The molecule has 2 rings (SSSR count). The summed E-state index contributed by atoms with van der Waals surface area (Å²) in [5, 5.41) is 4.24. The highest BCUT2D eigenvalue weighted by molar-refractivity contribution is 6.39. The molecule has 0 spiro atoms. The Morgan fingerprint density at radius 2 is 2.00 bits per heavy atom. The summed E-state index contributed by atoms with van der Waals surface area (Å²) in [6.07, 6.45) is 8.85. The number of ketones is 1. The first kappa shape index (κ1) is 19.6. The largest absolute Gasteiger partial charge is 0.293 e. The molecular weight excluding hydrogens is 322 g/mol. The summed E-state index contributed by atoms with van der Waals surface area (Å²) in [5.74, 6) is 0.0272. The van der Waals surface area contributed by atoms with Crippen LogP contribution in [0, 0.1) is 0 Å². The first-order valence-electron chi connectivity index (χ1n) is 9.08. The van der Waals surface area contributed by atoms with Crippen LogP contribution < -0.4 is 0 Å². The van der Waals surface area contributed by atoms with E-state index in [4.69, 9.17) is 0 Å². The lowest BCUT2D eigenvalue weighted by Crippen LogP contribution is -2.07. The van der Waals surface area contributed by atoms with Gasteiger partial charge in [-0.05, 0) is 54.2 Å². The van der Waals surface area contributed by atoms with Gasteiger partial charge in [-0.15, -0.1) is 0 Å². The molecule has 0 bridgehead atoms. The number of hydrogen-bond acceptors (Lipinski definition) is 3. The van der Waals surface area contributed by atoms with Gasteiger partial charge in [-0.3, -0.25) is 9.79 Å². The maximum Gasteiger partial charge on any atom is 0.173 e. The quantitative estimate of drug-likeness (QED) is 0.467. The van der Waals surface area contributed by atoms with Crippen molar-refractivity contribution in [2.45, 2.75) is 46.5 Å². The minimum absolute atomic E-state index is 0.0272. The summed E-state index contributed by atoms with van der Waals surface area (Å²) in [6.45, 7) is 9.89. The van der Waals surface area contributed by atoms with Gasteiger partial charge in [0.15, 0.2) is 5.78 Å². The van der Waals surface area contributed by atoms with Crippen LogP contribution in [0.5, 0.6) is 0 Å². The molecule has 136 valence electrons. The number of allylic oxidation sites excluding steroid dienone is 2. The Morgan fingerprint density at radius 3 is 2.54 bits per heavy atom. The summed E-state index contributed by atoms with van der Waals surface area (Å²) in [5.41, 5.74) is 4.98. The Morgan fingerprint density at radius 1 is 1.27 bits per heavy atom. The zero-order valence-corrected chi connectivity index (χ0v) is 15.9. The van der Waals surface area contributed by atoms with Crippen molar-refractivity contribution in [2.24, 2.45) is 4.99 Å². The van der Waals surface area contributed by atoms with Gasteiger partial charge in [0.05, 0.1) is 11.4 Å². The van der Waals surface area contributed by atoms with E-state index in [0.717, 1.165) is 36.1 Å². The molecule has 1 aromatic carbocycles. The van der Waals surface area contributed by atoms with Crippen molar-refractivity contribution >= 4 is 11.5 Å². The number of hydrogen-bond donors (Lipinski definition) is 0. The summed E-state index contributed by atoms with van der Waals surface area (Å²) >= 11 is 0. The summed E-state index contributed by atoms with van der Waals surface area (Å²) < 4.78 is 1.84. The second-order valence-electron chi connectivity index (χ2n) is 6.29. The van der Waals surface area contributed by atoms with Gasteiger partial charge in [0.2, 0.25) is 0 Å². The number of benzene rings is 1. The molecule has 26 heavy (non-hydrogen) atoms. The summed E-state index contributed by atoms with van der Waals surface area (Å²) in [7, 11) is 0. The van der Waals surface area contributed by atoms with Gasteiger partial charge in [0, 0.05) is 25.5 Å². The second-order valence-corrected chi connectivity index (χ2v) is 6.29. The highest BCUT2D eigenvalue weighted by Gasteiger charge is 2.06. The zero-order chi connectivity index (χ0) is 18.9. The first-order valence-corrected chi connectivity index (χ1v) is 9.08. The van der Waals surface area contributed by atoms with Crippen LogP contribution in [0.4, 0.5) is 0 Å². The number of carbonyl (C=O) groups is 1. The molecule has 4 nitrogen and oxygen atoms in total. The van der Waals surface area contributed by atoms with Gasteiger partial charge >= 0.3 is 0 Å². The molecule has 0 saturated heterocycles. The number of nitrogens with zero attached hydrogens (tertiary/aromatic N) is 3. The van der Waals surface area contributed by atoms with Crippen molar-refractivity contribution in [3.8, 4) is 5.69 Å². The van der Waals surface area contributed by atoms with Gasteiger partial charge in [0.25, 0.3) is 0 Å². The molecule has 0 fully saturated rings. The highest BCUT2D eigenvalue weighted by Crippen LogP contribution is 2.20. The maximum atomic E-state index is 11.5. The third-order valence-corrected chi connectivity index (χ3v) is 4.21. The normalized spacial score (nSPS) is 12.3. The van der Waals surface area contributed by atoms with Crippen molar-refractivity contribution in [1.82, 2.24) is 9.78 Å². The number of Topliss-reactive ketones (excluding diaryl/α,β-unsaturated/α-hetero) is 1. The van der Waals surface area contributed by atoms with Gasteiger partial charge in [-0.25, -0.2) is 4.68 Å². The Balaban J connectivity index is 2.13. The Hall–Kier alpha value is -2.75. The van der Waals surface area contributed by atoms with E-state index in [-0.39, 0.29) is 5.78 Å². The Bertz CT molecular complexity index is 796. The topological polar surface area (TPSA) is 47.2 Å². The predicted molar refractivity (Wildman–Crippen MR) is 108 cm³/mol. The summed E-state index contributed by atoms with van der Waals surface area (Å²) in [4.78, 5) is 15.9. The van der Waals surface area contributed by atoms with Crippen LogP contribution in [0.1, 0.15) is 45.6 Å². The van der Waals surface area contributed by atoms with Crippen LogP contribution in [0.2, 0.25) is 0 Å². The molecule has 0 radical (unpaired) electrons. The van der Waals surface area contributed by atoms with E-state index >= 15 is 0 Å². The number of aliphatic imine (C=N–C) groups is 1. The SMILES string of the molecule is C=C(Cc1ccc(-n2cccn2)cc1)/C(=C\N=C(/CC)C(C)=O)CCC. The summed E-state index contributed by atoms with van der Waals surface area (Å²) in [6, 6.07) is 10.2. The standard InChI is InChI=1S/C22H27N3O/c1-5-8-20(16-23-22(6-2)18(4)26)17(3)15-19-9-11-21(12-10-19)25-14-7-13-24-25/h7,9-14,16H,3,5-6,8,15H2,1-2,4H3/b20-16-,23-22+. The molecule has 0 aliphatic carbocycles. The van der Waals surface area contributed by atoms with E-state index < -0.39 is 0 Å². The lowest BCUT2D eigenvalue weighted by atomic mass is 9.97. The molecule has 1 aromatic heterocycles. The monoisotopic (exact) mass is 349 g/mol. The van der Waals surface area contributed by atoms with E-state index in [2.05, 4.69) is 47.9 Å². The smallest absolute Gasteiger partial charge is 0.173 e. The Kier molecular flexibility index (Phi) is 7.27. The lowest BCUT2D eigenvalue weighted by molar-refractivity contribution is -0.111.